The van der Waals surface area contributed by atoms with E-state index in [1.54, 1.807) is 12.5 Å². The molecule has 2 atom stereocenters. The summed E-state index contributed by atoms with van der Waals surface area (Å²) in [7, 11) is 0. The Morgan fingerprint density at radius 3 is 2.87 bits per heavy atom. The molecule has 2 aromatic rings. The maximum absolute atomic E-state index is 13.1. The highest BCUT2D eigenvalue weighted by Crippen LogP contribution is 2.29. The zero-order chi connectivity index (χ0) is 15.6. The minimum Gasteiger partial charge on any atom is -0.374 e. The van der Waals surface area contributed by atoms with Gasteiger partial charge in [-0.3, -0.25) is 9.36 Å². The fraction of sp³-hybridized carbons (Fsp3) is 0.444. The summed E-state index contributed by atoms with van der Waals surface area (Å²) in [5.41, 5.74) is 1.59. The van der Waals surface area contributed by atoms with Crippen LogP contribution in [0.1, 0.15) is 36.2 Å². The molecule has 1 amide bonds. The molecule has 1 saturated carbocycles. The van der Waals surface area contributed by atoms with Crippen molar-refractivity contribution in [2.24, 2.45) is 0 Å². The molecule has 0 radical (unpaired) electrons. The van der Waals surface area contributed by atoms with Crippen molar-refractivity contribution in [1.29, 1.82) is 0 Å². The monoisotopic (exact) mass is 311 g/mol. The van der Waals surface area contributed by atoms with E-state index in [1.165, 1.54) is 12.8 Å². The van der Waals surface area contributed by atoms with E-state index in [9.17, 15) is 4.79 Å². The Balaban J connectivity index is 1.63. The van der Waals surface area contributed by atoms with E-state index in [1.807, 2.05) is 39.8 Å². The summed E-state index contributed by atoms with van der Waals surface area (Å²) in [6, 6.07) is 10.1. The molecule has 23 heavy (non-hydrogen) atoms. The number of para-hydroxylation sites is 1. The van der Waals surface area contributed by atoms with E-state index in [2.05, 4.69) is 4.98 Å². The Morgan fingerprint density at radius 1 is 1.17 bits per heavy atom. The molecular formula is C18H21N3O2. The lowest BCUT2D eigenvalue weighted by molar-refractivity contribution is -0.0754. The molecule has 5 nitrogen and oxygen atoms in total. The van der Waals surface area contributed by atoms with Gasteiger partial charge in [-0.25, -0.2) is 4.98 Å². The van der Waals surface area contributed by atoms with Crippen molar-refractivity contribution in [3.05, 3.63) is 48.5 Å². The van der Waals surface area contributed by atoms with Gasteiger partial charge in [-0.05, 0) is 25.0 Å². The fourth-order valence-electron chi connectivity index (χ4n) is 3.74. The van der Waals surface area contributed by atoms with Gasteiger partial charge in [-0.2, -0.15) is 0 Å². The van der Waals surface area contributed by atoms with Crippen LogP contribution in [0.4, 0.5) is 0 Å². The topological polar surface area (TPSA) is 47.4 Å². The number of aromatic nitrogens is 2. The molecule has 120 valence electrons. The zero-order valence-corrected chi connectivity index (χ0v) is 13.1. The van der Waals surface area contributed by atoms with Gasteiger partial charge in [0.15, 0.2) is 0 Å². The minimum atomic E-state index is 0.0616. The second kappa shape index (κ2) is 6.16. The number of imidazole rings is 1. The number of hydrogen-bond acceptors (Lipinski definition) is 3. The summed E-state index contributed by atoms with van der Waals surface area (Å²) >= 11 is 0. The average molecular weight is 311 g/mol. The Bertz CT molecular complexity index is 681. The number of ether oxygens (including phenoxy) is 1. The third-order valence-electron chi connectivity index (χ3n) is 4.88. The second-order valence-electron chi connectivity index (χ2n) is 6.24. The van der Waals surface area contributed by atoms with E-state index in [-0.39, 0.29) is 18.1 Å². The highest BCUT2D eigenvalue weighted by atomic mass is 16.5. The van der Waals surface area contributed by atoms with Crippen molar-refractivity contribution in [2.45, 2.75) is 37.8 Å². The Hall–Kier alpha value is -2.14. The molecule has 2 aliphatic rings. The lowest BCUT2D eigenvalue weighted by Crippen LogP contribution is -2.55. The smallest absolute Gasteiger partial charge is 0.272 e. The molecule has 2 fully saturated rings. The largest absolute Gasteiger partial charge is 0.374 e. The van der Waals surface area contributed by atoms with Crippen LogP contribution < -0.4 is 0 Å². The van der Waals surface area contributed by atoms with Crippen molar-refractivity contribution in [3.63, 3.8) is 0 Å². The molecule has 0 unspecified atom stereocenters. The highest BCUT2D eigenvalue weighted by molar-refractivity contribution is 5.93. The number of nitrogens with zero attached hydrogens (tertiary/aromatic N) is 3. The maximum Gasteiger partial charge on any atom is 0.272 e. The summed E-state index contributed by atoms with van der Waals surface area (Å²) in [4.78, 5) is 19.3. The molecule has 1 saturated heterocycles. The van der Waals surface area contributed by atoms with Crippen LogP contribution in [0.25, 0.3) is 5.69 Å². The first kappa shape index (κ1) is 14.5. The van der Waals surface area contributed by atoms with Crippen LogP contribution in [0.5, 0.6) is 0 Å². The molecule has 0 spiro atoms. The first-order valence-corrected chi connectivity index (χ1v) is 8.35. The van der Waals surface area contributed by atoms with Gasteiger partial charge in [0.2, 0.25) is 0 Å². The SMILES string of the molecule is O=C(c1cncn1-c1ccccc1)N1CCO[C@H]2CCCC[C@H]21. The van der Waals surface area contributed by atoms with Crippen molar-refractivity contribution in [2.75, 3.05) is 13.2 Å². The number of amides is 1. The van der Waals surface area contributed by atoms with Gasteiger partial charge in [0, 0.05) is 12.2 Å². The van der Waals surface area contributed by atoms with Crippen LogP contribution in [0.3, 0.4) is 0 Å². The Morgan fingerprint density at radius 2 is 2.00 bits per heavy atom. The lowest BCUT2D eigenvalue weighted by atomic mass is 9.90. The molecule has 1 aromatic carbocycles. The second-order valence-corrected chi connectivity index (χ2v) is 6.24. The van der Waals surface area contributed by atoms with Crippen molar-refractivity contribution in [1.82, 2.24) is 14.5 Å². The fourth-order valence-corrected chi connectivity index (χ4v) is 3.74. The molecule has 4 rings (SSSR count). The van der Waals surface area contributed by atoms with Crippen LogP contribution >= 0.6 is 0 Å². The number of carbonyl (C=O) groups excluding carboxylic acids is 1. The summed E-state index contributed by atoms with van der Waals surface area (Å²) in [6.07, 6.45) is 8.05. The molecule has 5 heteroatoms. The number of rotatable bonds is 2. The zero-order valence-electron chi connectivity index (χ0n) is 13.1. The van der Waals surface area contributed by atoms with Gasteiger partial charge in [-0.15, -0.1) is 0 Å². The number of carbonyl (C=O) groups is 1. The van der Waals surface area contributed by atoms with Crippen LogP contribution in [0, 0.1) is 0 Å². The molecule has 1 aliphatic carbocycles. The van der Waals surface area contributed by atoms with Gasteiger partial charge in [0.25, 0.3) is 5.91 Å². The quantitative estimate of drug-likeness (QED) is 0.856. The van der Waals surface area contributed by atoms with E-state index < -0.39 is 0 Å². The summed E-state index contributed by atoms with van der Waals surface area (Å²) in [5.74, 6) is 0.0616. The van der Waals surface area contributed by atoms with E-state index >= 15 is 0 Å². The standard InChI is InChI=1S/C18H21N3O2/c22-18(20-10-11-23-17-9-5-4-8-15(17)20)16-12-19-13-21(16)14-6-2-1-3-7-14/h1-3,6-7,12-13,15,17H,4-5,8-11H2/t15-,17+/m1/s1. The molecule has 0 N–H and O–H groups in total. The summed E-state index contributed by atoms with van der Waals surface area (Å²) < 4.78 is 7.75. The lowest BCUT2D eigenvalue weighted by Gasteiger charge is -2.43. The van der Waals surface area contributed by atoms with E-state index in [4.69, 9.17) is 4.74 Å². The number of benzene rings is 1. The molecule has 1 aromatic heterocycles. The normalized spacial score (nSPS) is 24.3. The first-order valence-electron chi connectivity index (χ1n) is 8.35. The predicted octanol–water partition coefficient (Wildman–Crippen LogP) is 2.66. The van der Waals surface area contributed by atoms with Crippen LogP contribution in [0.15, 0.2) is 42.9 Å². The molecule has 2 heterocycles. The maximum atomic E-state index is 13.1. The van der Waals surface area contributed by atoms with Crippen molar-refractivity contribution < 1.29 is 9.53 Å². The third kappa shape index (κ3) is 2.65. The first-order chi connectivity index (χ1) is 11.3. The van der Waals surface area contributed by atoms with Gasteiger partial charge < -0.3 is 9.64 Å². The molecule has 0 bridgehead atoms. The highest BCUT2D eigenvalue weighted by Gasteiger charge is 2.37. The minimum absolute atomic E-state index is 0.0616. The summed E-state index contributed by atoms with van der Waals surface area (Å²) in [6.45, 7) is 1.30. The van der Waals surface area contributed by atoms with Crippen molar-refractivity contribution >= 4 is 5.91 Å². The van der Waals surface area contributed by atoms with Crippen LogP contribution in [0.2, 0.25) is 0 Å². The molecular weight excluding hydrogens is 290 g/mol. The van der Waals surface area contributed by atoms with Gasteiger partial charge in [-0.1, -0.05) is 31.0 Å². The van der Waals surface area contributed by atoms with Crippen LogP contribution in [-0.4, -0.2) is 45.7 Å². The number of hydrogen-bond donors (Lipinski definition) is 0. The predicted molar refractivity (Wildman–Crippen MR) is 86.6 cm³/mol. The van der Waals surface area contributed by atoms with Crippen molar-refractivity contribution in [3.8, 4) is 5.69 Å². The van der Waals surface area contributed by atoms with E-state index in [0.717, 1.165) is 18.5 Å². The third-order valence-corrected chi connectivity index (χ3v) is 4.88. The molecule has 1 aliphatic heterocycles. The Kier molecular flexibility index (Phi) is 3.87. The van der Waals surface area contributed by atoms with Crippen LogP contribution in [-0.2, 0) is 4.74 Å². The average Bonchev–Trinajstić information content (AvgIpc) is 3.11. The van der Waals surface area contributed by atoms with Gasteiger partial charge >= 0.3 is 0 Å². The summed E-state index contributed by atoms with van der Waals surface area (Å²) in [5, 5.41) is 0. The number of fused-ring (bicyclic) bond motifs is 1. The van der Waals surface area contributed by atoms with Gasteiger partial charge in [0.05, 0.1) is 31.3 Å². The Labute approximate surface area is 135 Å². The van der Waals surface area contributed by atoms with E-state index in [0.29, 0.717) is 18.8 Å². The van der Waals surface area contributed by atoms with Gasteiger partial charge in [0.1, 0.15) is 5.69 Å². The number of morpholine rings is 1.